The summed E-state index contributed by atoms with van der Waals surface area (Å²) in [4.78, 5) is 9.60. The molecule has 0 aliphatic heterocycles. The third kappa shape index (κ3) is 3.39. The summed E-state index contributed by atoms with van der Waals surface area (Å²) in [6.45, 7) is -0.514. The number of carbonyl (C=O) groups excluding carboxylic acids is 1. The van der Waals surface area contributed by atoms with Gasteiger partial charge in [0.25, 0.3) is 9.84 Å². The van der Waals surface area contributed by atoms with E-state index in [1.165, 1.54) is 6.07 Å². The number of anilines is 1. The molecule has 0 aromatic heterocycles. The van der Waals surface area contributed by atoms with Crippen molar-refractivity contribution in [3.8, 4) is 0 Å². The van der Waals surface area contributed by atoms with Gasteiger partial charge in [0.15, 0.2) is 0 Å². The van der Waals surface area contributed by atoms with E-state index in [0.717, 1.165) is 18.2 Å². The average Bonchev–Trinajstić information content (AvgIpc) is 2.34. The summed E-state index contributed by atoms with van der Waals surface area (Å²) in [5, 5.41) is 11.4. The fourth-order valence-corrected chi connectivity index (χ4v) is 2.22. The molecule has 1 rings (SSSR count). The molecule has 1 aromatic carbocycles. The zero-order valence-corrected chi connectivity index (χ0v) is 10.7. The van der Waals surface area contributed by atoms with E-state index in [1.807, 2.05) is 0 Å². The van der Waals surface area contributed by atoms with Crippen molar-refractivity contribution in [1.82, 2.24) is 0 Å². The Kier molecular flexibility index (Phi) is 4.61. The van der Waals surface area contributed by atoms with Gasteiger partial charge in [-0.05, 0) is 12.1 Å². The van der Waals surface area contributed by atoms with Crippen molar-refractivity contribution >= 4 is 21.4 Å². The molecular weight excluding hydrogens is 301 g/mol. The maximum absolute atomic E-state index is 12.5. The van der Waals surface area contributed by atoms with Gasteiger partial charge in [-0.1, -0.05) is 12.1 Å². The molecule has 0 heterocycles. The predicted molar refractivity (Wildman–Crippen MR) is 63.4 cm³/mol. The van der Waals surface area contributed by atoms with Crippen molar-refractivity contribution in [2.45, 2.75) is 16.5 Å². The highest BCUT2D eigenvalue weighted by atomic mass is 32.2. The SMILES string of the molecule is NC(=O)[C@@H](O)CNc1ccccc1S(=O)(=O)C(F)(F)F. The van der Waals surface area contributed by atoms with Crippen molar-refractivity contribution in [2.75, 3.05) is 11.9 Å². The number of carbonyl (C=O) groups is 1. The number of aliphatic hydroxyl groups excluding tert-OH is 1. The third-order valence-corrected chi connectivity index (χ3v) is 3.84. The zero-order valence-electron chi connectivity index (χ0n) is 9.89. The Bertz CT molecular complexity index is 601. The fourth-order valence-electron chi connectivity index (χ4n) is 1.28. The first-order chi connectivity index (χ1) is 9.07. The molecule has 1 aromatic rings. The van der Waals surface area contributed by atoms with Crippen molar-refractivity contribution < 1.29 is 31.5 Å². The topological polar surface area (TPSA) is 109 Å². The molecule has 0 radical (unpaired) electrons. The number of nitrogens with two attached hydrogens (primary N) is 1. The molecule has 4 N–H and O–H groups in total. The molecule has 10 heteroatoms. The minimum Gasteiger partial charge on any atom is -0.381 e. The normalized spacial score (nSPS) is 13.8. The monoisotopic (exact) mass is 312 g/mol. The van der Waals surface area contributed by atoms with E-state index in [1.54, 1.807) is 0 Å². The number of halogens is 3. The number of primary amides is 1. The van der Waals surface area contributed by atoms with Gasteiger partial charge in [-0.15, -0.1) is 0 Å². The lowest BCUT2D eigenvalue weighted by molar-refractivity contribution is -0.125. The highest BCUT2D eigenvalue weighted by Crippen LogP contribution is 2.34. The molecule has 0 bridgehead atoms. The summed E-state index contributed by atoms with van der Waals surface area (Å²) < 4.78 is 60.1. The van der Waals surface area contributed by atoms with E-state index in [9.17, 15) is 26.4 Å². The van der Waals surface area contributed by atoms with Crippen molar-refractivity contribution in [1.29, 1.82) is 0 Å². The van der Waals surface area contributed by atoms with Crippen LogP contribution in [0.15, 0.2) is 29.2 Å². The Morgan fingerprint density at radius 1 is 1.35 bits per heavy atom. The Hall–Kier alpha value is -1.81. The quantitative estimate of drug-likeness (QED) is 0.721. The van der Waals surface area contributed by atoms with E-state index in [2.05, 4.69) is 5.32 Å². The molecule has 0 aliphatic rings. The van der Waals surface area contributed by atoms with Gasteiger partial charge in [-0.25, -0.2) is 8.42 Å². The van der Waals surface area contributed by atoms with Crippen LogP contribution in [-0.4, -0.2) is 37.6 Å². The van der Waals surface area contributed by atoms with Crippen LogP contribution in [0.4, 0.5) is 18.9 Å². The van der Waals surface area contributed by atoms with E-state index in [-0.39, 0.29) is 5.69 Å². The smallest absolute Gasteiger partial charge is 0.381 e. The number of amides is 1. The van der Waals surface area contributed by atoms with Crippen LogP contribution in [0.1, 0.15) is 0 Å². The molecule has 0 saturated heterocycles. The summed E-state index contributed by atoms with van der Waals surface area (Å²) in [6, 6.07) is 4.26. The number of rotatable bonds is 5. The minimum atomic E-state index is -5.54. The van der Waals surface area contributed by atoms with Crippen LogP contribution in [0, 0.1) is 0 Å². The minimum absolute atomic E-state index is 0.384. The van der Waals surface area contributed by atoms with Gasteiger partial charge in [-0.3, -0.25) is 4.79 Å². The lowest BCUT2D eigenvalue weighted by Crippen LogP contribution is -2.34. The van der Waals surface area contributed by atoms with E-state index >= 15 is 0 Å². The number of nitrogens with one attached hydrogen (secondary N) is 1. The number of hydrogen-bond acceptors (Lipinski definition) is 5. The number of aliphatic hydroxyl groups is 1. The molecule has 0 unspecified atom stereocenters. The van der Waals surface area contributed by atoms with Crippen LogP contribution in [0.3, 0.4) is 0 Å². The van der Waals surface area contributed by atoms with Gasteiger partial charge in [0.1, 0.15) is 6.10 Å². The van der Waals surface area contributed by atoms with E-state index in [0.29, 0.717) is 0 Å². The zero-order chi connectivity index (χ0) is 15.6. The standard InChI is InChI=1S/C10H11F3N2O4S/c11-10(12,13)20(18,19)8-4-2-1-3-6(8)15-5-7(16)9(14)17/h1-4,7,15-16H,5H2,(H2,14,17)/t7-/m0/s1. The molecule has 20 heavy (non-hydrogen) atoms. The molecule has 0 saturated carbocycles. The maximum Gasteiger partial charge on any atom is 0.501 e. The molecule has 1 atom stereocenters. The summed E-state index contributed by atoms with van der Waals surface area (Å²) in [7, 11) is -5.54. The highest BCUT2D eigenvalue weighted by molar-refractivity contribution is 7.92. The lowest BCUT2D eigenvalue weighted by Gasteiger charge is -2.15. The Morgan fingerprint density at radius 3 is 2.40 bits per heavy atom. The van der Waals surface area contributed by atoms with Crippen LogP contribution >= 0.6 is 0 Å². The first-order valence-corrected chi connectivity index (χ1v) is 6.67. The van der Waals surface area contributed by atoms with E-state index in [4.69, 9.17) is 10.8 Å². The molecule has 6 nitrogen and oxygen atoms in total. The number of benzene rings is 1. The maximum atomic E-state index is 12.5. The highest BCUT2D eigenvalue weighted by Gasteiger charge is 2.47. The first-order valence-electron chi connectivity index (χ1n) is 5.19. The predicted octanol–water partition coefficient (Wildman–Crippen LogP) is 0.238. The number of alkyl halides is 3. The van der Waals surface area contributed by atoms with Crippen LogP contribution in [-0.2, 0) is 14.6 Å². The van der Waals surface area contributed by atoms with Crippen molar-refractivity contribution in [3.05, 3.63) is 24.3 Å². The lowest BCUT2D eigenvalue weighted by atomic mass is 10.3. The Balaban J connectivity index is 3.10. The van der Waals surface area contributed by atoms with Crippen molar-refractivity contribution in [3.63, 3.8) is 0 Å². The summed E-state index contributed by atoms with van der Waals surface area (Å²) in [5.74, 6) is -1.09. The third-order valence-electron chi connectivity index (χ3n) is 2.30. The van der Waals surface area contributed by atoms with Crippen LogP contribution in [0.5, 0.6) is 0 Å². The van der Waals surface area contributed by atoms with Gasteiger partial charge >= 0.3 is 5.51 Å². The molecule has 0 fully saturated rings. The first kappa shape index (κ1) is 16.2. The average molecular weight is 312 g/mol. The second-order valence-electron chi connectivity index (χ2n) is 3.74. The van der Waals surface area contributed by atoms with Crippen LogP contribution < -0.4 is 11.1 Å². The Labute approximate surface area is 112 Å². The molecule has 0 aliphatic carbocycles. The fraction of sp³-hybridized carbons (Fsp3) is 0.300. The van der Waals surface area contributed by atoms with E-state index < -0.39 is 38.8 Å². The molecular formula is C10H11F3N2O4S. The second-order valence-corrected chi connectivity index (χ2v) is 5.65. The number of para-hydroxylation sites is 1. The van der Waals surface area contributed by atoms with Crippen LogP contribution in [0.2, 0.25) is 0 Å². The van der Waals surface area contributed by atoms with Crippen molar-refractivity contribution in [2.24, 2.45) is 5.73 Å². The molecule has 0 spiro atoms. The van der Waals surface area contributed by atoms with Gasteiger partial charge in [-0.2, -0.15) is 13.2 Å². The number of hydrogen-bond donors (Lipinski definition) is 3. The van der Waals surface area contributed by atoms with Gasteiger partial charge in [0.05, 0.1) is 10.6 Å². The molecule has 112 valence electrons. The Morgan fingerprint density at radius 2 is 1.90 bits per heavy atom. The van der Waals surface area contributed by atoms with Gasteiger partial charge < -0.3 is 16.2 Å². The number of sulfone groups is 1. The summed E-state index contributed by atoms with van der Waals surface area (Å²) in [6.07, 6.45) is -1.66. The van der Waals surface area contributed by atoms with Crippen LogP contribution in [0.25, 0.3) is 0 Å². The van der Waals surface area contributed by atoms with Gasteiger partial charge in [0.2, 0.25) is 5.91 Å². The largest absolute Gasteiger partial charge is 0.501 e. The summed E-state index contributed by atoms with van der Waals surface area (Å²) in [5.41, 5.74) is -1.07. The molecule has 1 amide bonds. The summed E-state index contributed by atoms with van der Waals surface area (Å²) >= 11 is 0. The second kappa shape index (κ2) is 5.67. The van der Waals surface area contributed by atoms with Gasteiger partial charge in [0, 0.05) is 6.54 Å².